The number of nitrogens with one attached hydrogen (secondary N) is 2. The van der Waals surface area contributed by atoms with E-state index in [4.69, 9.17) is 4.74 Å². The minimum Gasteiger partial charge on any atom is -0.434 e. The van der Waals surface area contributed by atoms with Crippen LogP contribution in [0.25, 0.3) is 10.8 Å². The van der Waals surface area contributed by atoms with E-state index in [1.165, 1.54) is 0 Å². The molecule has 9 heteroatoms. The highest BCUT2D eigenvalue weighted by atomic mass is 16.6. The Kier molecular flexibility index (Phi) is 6.73. The van der Waals surface area contributed by atoms with Crippen LogP contribution >= 0.6 is 0 Å². The van der Waals surface area contributed by atoms with Crippen molar-refractivity contribution < 1.29 is 29.0 Å². The number of nitrogens with zero attached hydrogens (tertiary/aromatic N) is 1. The van der Waals surface area contributed by atoms with Gasteiger partial charge in [-0.3, -0.25) is 19.2 Å². The van der Waals surface area contributed by atoms with E-state index in [1.54, 1.807) is 17.0 Å². The first kappa shape index (κ1) is 24.0. The van der Waals surface area contributed by atoms with E-state index in [0.29, 0.717) is 24.8 Å². The Morgan fingerprint density at radius 3 is 2.53 bits per heavy atom. The molecule has 2 aromatic rings. The molecule has 5 rings (SSSR count). The fourth-order valence-corrected chi connectivity index (χ4v) is 5.31. The molecule has 9 nitrogen and oxygen atoms in total. The Balaban J connectivity index is 1.34. The molecule has 3 aliphatic rings. The molecule has 3 heterocycles. The number of piperidine rings is 1. The molecule has 188 valence electrons. The van der Waals surface area contributed by atoms with Crippen LogP contribution in [0, 0.1) is 0 Å². The van der Waals surface area contributed by atoms with Crippen molar-refractivity contribution in [1.82, 2.24) is 15.5 Å². The number of esters is 1. The standard InChI is InChI=1S/C27H29N3O6/c31-23-15-21(27(35)36-23)29-25(33)22-11-5-9-19-8-3-4-10-20(26(34)30(19)22)28-24(32)18-13-12-16-6-1-2-7-17(16)14-18/h1-4,6-7,12-14,19-22,27,35H,5,8-11,15H2,(H,28,32)(H,29,33)/b4-3-/t19-,20-,21?,22-,27?/m0/s1. The van der Waals surface area contributed by atoms with Gasteiger partial charge >= 0.3 is 5.97 Å². The van der Waals surface area contributed by atoms with Crippen LogP contribution in [0.1, 0.15) is 48.9 Å². The molecule has 0 aliphatic carbocycles. The van der Waals surface area contributed by atoms with Crippen molar-refractivity contribution in [2.45, 2.75) is 69.0 Å². The molecule has 3 amide bonds. The summed E-state index contributed by atoms with van der Waals surface area (Å²) in [7, 11) is 0. The number of amides is 3. The van der Waals surface area contributed by atoms with E-state index in [1.807, 2.05) is 42.5 Å². The van der Waals surface area contributed by atoms with Crippen LogP contribution in [-0.2, 0) is 19.1 Å². The van der Waals surface area contributed by atoms with Crippen molar-refractivity contribution in [2.24, 2.45) is 0 Å². The minimum atomic E-state index is -1.40. The summed E-state index contributed by atoms with van der Waals surface area (Å²) in [6.07, 6.45) is 5.28. The largest absolute Gasteiger partial charge is 0.434 e. The van der Waals surface area contributed by atoms with E-state index in [9.17, 15) is 24.3 Å². The monoisotopic (exact) mass is 491 g/mol. The van der Waals surface area contributed by atoms with Gasteiger partial charge in [-0.25, -0.2) is 0 Å². The highest BCUT2D eigenvalue weighted by Crippen LogP contribution is 2.29. The number of aliphatic hydroxyl groups is 1. The molecule has 0 saturated carbocycles. The zero-order valence-corrected chi connectivity index (χ0v) is 19.8. The predicted molar refractivity (Wildman–Crippen MR) is 130 cm³/mol. The van der Waals surface area contributed by atoms with Crippen LogP contribution in [0.3, 0.4) is 0 Å². The SMILES string of the molecule is O=C1CC(NC(=O)[C@@H]2CCC[C@@H]3C/C=C\C[C@H](NC(=O)c4ccc5ccccc5c4)C(=O)N32)C(O)O1. The van der Waals surface area contributed by atoms with E-state index in [-0.39, 0.29) is 24.3 Å². The second kappa shape index (κ2) is 10.1. The lowest BCUT2D eigenvalue weighted by Crippen LogP contribution is -2.62. The number of hydrogen-bond donors (Lipinski definition) is 3. The first-order valence-electron chi connectivity index (χ1n) is 12.4. The summed E-state index contributed by atoms with van der Waals surface area (Å²) < 4.78 is 4.72. The molecule has 0 bridgehead atoms. The van der Waals surface area contributed by atoms with Gasteiger partial charge in [-0.15, -0.1) is 0 Å². The molecular weight excluding hydrogens is 462 g/mol. The lowest BCUT2D eigenvalue weighted by atomic mass is 9.90. The first-order valence-corrected chi connectivity index (χ1v) is 12.4. The Labute approximate surface area is 208 Å². The summed E-state index contributed by atoms with van der Waals surface area (Å²) in [5, 5.41) is 17.4. The Bertz CT molecular complexity index is 1230. The van der Waals surface area contributed by atoms with Crippen LogP contribution in [0.4, 0.5) is 0 Å². The highest BCUT2D eigenvalue weighted by molar-refractivity contribution is 6.01. The van der Waals surface area contributed by atoms with Gasteiger partial charge in [0.1, 0.15) is 18.1 Å². The number of benzene rings is 2. The average molecular weight is 492 g/mol. The van der Waals surface area contributed by atoms with Gasteiger partial charge in [-0.2, -0.15) is 0 Å². The van der Waals surface area contributed by atoms with E-state index in [2.05, 4.69) is 10.6 Å². The van der Waals surface area contributed by atoms with Crippen molar-refractivity contribution in [2.75, 3.05) is 0 Å². The van der Waals surface area contributed by atoms with Crippen LogP contribution in [0.5, 0.6) is 0 Å². The second-order valence-electron chi connectivity index (χ2n) is 9.58. The number of carbonyl (C=O) groups is 4. The predicted octanol–water partition coefficient (Wildman–Crippen LogP) is 1.79. The molecular formula is C27H29N3O6. The fraction of sp³-hybridized carbons (Fsp3) is 0.407. The summed E-state index contributed by atoms with van der Waals surface area (Å²) in [6, 6.07) is 10.5. The summed E-state index contributed by atoms with van der Waals surface area (Å²) in [5.74, 6) is -1.68. The number of rotatable bonds is 4. The lowest BCUT2D eigenvalue weighted by Gasteiger charge is -2.43. The van der Waals surface area contributed by atoms with Crippen LogP contribution in [0.15, 0.2) is 54.6 Å². The van der Waals surface area contributed by atoms with E-state index >= 15 is 0 Å². The molecule has 2 aromatic carbocycles. The van der Waals surface area contributed by atoms with Crippen molar-refractivity contribution in [3.8, 4) is 0 Å². The average Bonchev–Trinajstić information content (AvgIpc) is 3.19. The van der Waals surface area contributed by atoms with E-state index < -0.39 is 36.3 Å². The lowest BCUT2D eigenvalue weighted by molar-refractivity contribution is -0.156. The smallest absolute Gasteiger partial charge is 0.310 e. The van der Waals surface area contributed by atoms with Crippen molar-refractivity contribution in [3.63, 3.8) is 0 Å². The van der Waals surface area contributed by atoms with Crippen LogP contribution < -0.4 is 10.6 Å². The van der Waals surface area contributed by atoms with Gasteiger partial charge in [0.2, 0.25) is 18.1 Å². The number of ether oxygens (including phenoxy) is 1. The maximum absolute atomic E-state index is 13.7. The molecule has 2 unspecified atom stereocenters. The number of aliphatic hydroxyl groups excluding tert-OH is 1. The summed E-state index contributed by atoms with van der Waals surface area (Å²) in [5.41, 5.74) is 0.455. The maximum Gasteiger partial charge on any atom is 0.310 e. The zero-order valence-electron chi connectivity index (χ0n) is 19.8. The molecule has 0 aromatic heterocycles. The van der Waals surface area contributed by atoms with Gasteiger partial charge in [0, 0.05) is 11.6 Å². The molecule has 5 atom stereocenters. The quantitative estimate of drug-likeness (QED) is 0.442. The van der Waals surface area contributed by atoms with Gasteiger partial charge in [0.05, 0.1) is 6.42 Å². The fourth-order valence-electron chi connectivity index (χ4n) is 5.31. The molecule has 0 spiro atoms. The Morgan fingerprint density at radius 1 is 0.972 bits per heavy atom. The van der Waals surface area contributed by atoms with Gasteiger partial charge in [0.15, 0.2) is 0 Å². The molecule has 3 N–H and O–H groups in total. The van der Waals surface area contributed by atoms with Crippen molar-refractivity contribution in [3.05, 3.63) is 60.2 Å². The number of fused-ring (bicyclic) bond motifs is 2. The Morgan fingerprint density at radius 2 is 1.75 bits per heavy atom. The third-order valence-electron chi connectivity index (χ3n) is 7.17. The summed E-state index contributed by atoms with van der Waals surface area (Å²) in [6.45, 7) is 0. The molecule has 2 saturated heterocycles. The van der Waals surface area contributed by atoms with Gasteiger partial charge < -0.3 is 25.4 Å². The summed E-state index contributed by atoms with van der Waals surface area (Å²) >= 11 is 0. The first-order chi connectivity index (χ1) is 17.4. The number of hydrogen-bond acceptors (Lipinski definition) is 6. The molecule has 0 radical (unpaired) electrons. The molecule has 2 fully saturated rings. The van der Waals surface area contributed by atoms with Gasteiger partial charge in [-0.1, -0.05) is 42.5 Å². The topological polar surface area (TPSA) is 125 Å². The zero-order chi connectivity index (χ0) is 25.2. The van der Waals surface area contributed by atoms with Crippen molar-refractivity contribution in [1.29, 1.82) is 0 Å². The number of carbonyl (C=O) groups excluding carboxylic acids is 4. The summed E-state index contributed by atoms with van der Waals surface area (Å²) in [4.78, 5) is 53.1. The maximum atomic E-state index is 13.7. The van der Waals surface area contributed by atoms with Crippen LogP contribution in [-0.4, -0.2) is 64.2 Å². The minimum absolute atomic E-state index is 0.121. The highest BCUT2D eigenvalue weighted by Gasteiger charge is 2.43. The molecule has 3 aliphatic heterocycles. The van der Waals surface area contributed by atoms with Gasteiger partial charge in [-0.05, 0) is 55.0 Å². The van der Waals surface area contributed by atoms with Crippen molar-refractivity contribution >= 4 is 34.5 Å². The van der Waals surface area contributed by atoms with E-state index in [0.717, 1.165) is 23.6 Å². The third-order valence-corrected chi connectivity index (χ3v) is 7.17. The normalized spacial score (nSPS) is 29.0. The second-order valence-corrected chi connectivity index (χ2v) is 9.58. The van der Waals surface area contributed by atoms with Gasteiger partial charge in [0.25, 0.3) is 5.91 Å². The third kappa shape index (κ3) is 4.83. The Hall–Kier alpha value is -3.72. The number of cyclic esters (lactones) is 1. The van der Waals surface area contributed by atoms with Crippen LogP contribution in [0.2, 0.25) is 0 Å². The molecule has 36 heavy (non-hydrogen) atoms.